The smallest absolute Gasteiger partial charge is 0.257 e. The summed E-state index contributed by atoms with van der Waals surface area (Å²) >= 11 is 0. The first-order chi connectivity index (χ1) is 13.7. The first-order valence-corrected chi connectivity index (χ1v) is 9.53. The Kier molecular flexibility index (Phi) is 5.31. The zero-order valence-electron chi connectivity index (χ0n) is 15.6. The van der Waals surface area contributed by atoms with Gasteiger partial charge in [-0.3, -0.25) is 14.7 Å². The van der Waals surface area contributed by atoms with Gasteiger partial charge in [-0.25, -0.2) is 4.98 Å². The minimum Gasteiger partial charge on any atom is -0.368 e. The second-order valence-corrected chi connectivity index (χ2v) is 7.01. The lowest BCUT2D eigenvalue weighted by atomic mass is 10.1. The number of fused-ring (bicyclic) bond motifs is 1. The number of nitrogens with one attached hydrogen (secondary N) is 1. The van der Waals surface area contributed by atoms with Crippen LogP contribution in [-0.4, -0.2) is 52.6 Å². The fourth-order valence-electron chi connectivity index (χ4n) is 3.64. The van der Waals surface area contributed by atoms with E-state index in [2.05, 4.69) is 30.8 Å². The largest absolute Gasteiger partial charge is 0.368 e. The molecule has 3 aromatic heterocycles. The van der Waals surface area contributed by atoms with E-state index in [4.69, 9.17) is 5.26 Å². The molecule has 142 valence electrons. The molecule has 1 aliphatic heterocycles. The molecule has 0 amide bonds. The quantitative estimate of drug-likeness (QED) is 0.734. The highest BCUT2D eigenvalue weighted by Gasteiger charge is 2.17. The molecule has 1 fully saturated rings. The number of aromatic amines is 1. The van der Waals surface area contributed by atoms with Gasteiger partial charge in [0, 0.05) is 38.1 Å². The van der Waals surface area contributed by atoms with E-state index in [1.54, 1.807) is 30.6 Å². The van der Waals surface area contributed by atoms with Gasteiger partial charge in [0.05, 0.1) is 22.8 Å². The van der Waals surface area contributed by atoms with Gasteiger partial charge in [-0.15, -0.1) is 0 Å². The van der Waals surface area contributed by atoms with Gasteiger partial charge in [0.25, 0.3) is 5.56 Å². The van der Waals surface area contributed by atoms with Crippen molar-refractivity contribution in [1.82, 2.24) is 19.9 Å². The minimum atomic E-state index is -0.0646. The first kappa shape index (κ1) is 18.1. The highest BCUT2D eigenvalue weighted by molar-refractivity contribution is 5.77. The molecule has 0 saturated carbocycles. The lowest BCUT2D eigenvalue weighted by molar-refractivity contribution is 0.255. The third-order valence-electron chi connectivity index (χ3n) is 5.19. The predicted octanol–water partition coefficient (Wildman–Crippen LogP) is 1.94. The number of nitrogens with zero attached hydrogens (tertiary/aromatic N) is 5. The van der Waals surface area contributed by atoms with Crippen molar-refractivity contribution in [3.05, 3.63) is 64.5 Å². The molecule has 0 radical (unpaired) electrons. The normalized spacial score (nSPS) is 14.9. The third kappa shape index (κ3) is 4.02. The number of aryl methyl sites for hydroxylation is 1. The van der Waals surface area contributed by atoms with Crippen LogP contribution in [0.5, 0.6) is 0 Å². The van der Waals surface area contributed by atoms with Gasteiger partial charge in [-0.05, 0) is 49.7 Å². The SMILES string of the molecule is N#Cc1ccc(N2CCN(CCCc3cc4ncccc4c(=O)[nH]3)CC2)cn1. The number of hydrogen-bond acceptors (Lipinski definition) is 6. The van der Waals surface area contributed by atoms with Gasteiger partial charge < -0.3 is 9.88 Å². The van der Waals surface area contributed by atoms with Gasteiger partial charge in [-0.2, -0.15) is 5.26 Å². The van der Waals surface area contributed by atoms with E-state index < -0.39 is 0 Å². The molecule has 1 saturated heterocycles. The molecule has 4 heterocycles. The maximum absolute atomic E-state index is 12.1. The summed E-state index contributed by atoms with van der Waals surface area (Å²) < 4.78 is 0. The Morgan fingerprint density at radius 3 is 2.75 bits per heavy atom. The fourth-order valence-corrected chi connectivity index (χ4v) is 3.64. The lowest BCUT2D eigenvalue weighted by Crippen LogP contribution is -2.46. The Labute approximate surface area is 163 Å². The van der Waals surface area contributed by atoms with Crippen LogP contribution in [0, 0.1) is 11.3 Å². The Hall–Kier alpha value is -3.24. The minimum absolute atomic E-state index is 0.0646. The Morgan fingerprint density at radius 1 is 1.14 bits per heavy atom. The van der Waals surface area contributed by atoms with Crippen LogP contribution in [0.15, 0.2) is 47.5 Å². The van der Waals surface area contributed by atoms with Crippen LogP contribution in [0.3, 0.4) is 0 Å². The van der Waals surface area contributed by atoms with Gasteiger partial charge in [0.1, 0.15) is 11.8 Å². The van der Waals surface area contributed by atoms with Gasteiger partial charge in [0.2, 0.25) is 0 Å². The standard InChI is InChI=1S/C21H22N6O/c22-14-17-5-6-18(15-24-17)27-11-9-26(10-12-27)8-2-3-16-13-20-19(21(28)25-16)4-1-7-23-20/h1,4-7,13,15H,2-3,8-12H2,(H,25,28). The van der Waals surface area contributed by atoms with Crippen LogP contribution in [0.4, 0.5) is 5.69 Å². The van der Waals surface area contributed by atoms with E-state index in [1.165, 1.54) is 0 Å². The van der Waals surface area contributed by atoms with E-state index in [1.807, 2.05) is 12.1 Å². The van der Waals surface area contributed by atoms with Crippen molar-refractivity contribution in [2.45, 2.75) is 12.8 Å². The van der Waals surface area contributed by atoms with Gasteiger partial charge >= 0.3 is 0 Å². The van der Waals surface area contributed by atoms with Crippen LogP contribution in [0.1, 0.15) is 17.8 Å². The summed E-state index contributed by atoms with van der Waals surface area (Å²) in [7, 11) is 0. The van der Waals surface area contributed by atoms with E-state index in [0.29, 0.717) is 11.1 Å². The molecule has 7 heteroatoms. The maximum atomic E-state index is 12.1. The number of nitriles is 1. The summed E-state index contributed by atoms with van der Waals surface area (Å²) in [6.07, 6.45) is 5.32. The van der Waals surface area contributed by atoms with E-state index in [9.17, 15) is 4.79 Å². The molecule has 0 bridgehead atoms. The molecule has 1 aliphatic rings. The maximum Gasteiger partial charge on any atom is 0.257 e. The number of rotatable bonds is 5. The second kappa shape index (κ2) is 8.19. The topological polar surface area (TPSA) is 88.9 Å². The van der Waals surface area contributed by atoms with Crippen LogP contribution >= 0.6 is 0 Å². The molecule has 28 heavy (non-hydrogen) atoms. The van der Waals surface area contributed by atoms with Crippen molar-refractivity contribution in [2.75, 3.05) is 37.6 Å². The average Bonchev–Trinajstić information content (AvgIpc) is 2.74. The molecular weight excluding hydrogens is 352 g/mol. The second-order valence-electron chi connectivity index (χ2n) is 7.01. The van der Waals surface area contributed by atoms with Crippen molar-refractivity contribution in [1.29, 1.82) is 5.26 Å². The molecule has 3 aromatic rings. The molecule has 0 atom stereocenters. The predicted molar refractivity (Wildman–Crippen MR) is 108 cm³/mol. The fraction of sp³-hybridized carbons (Fsp3) is 0.333. The Bertz CT molecular complexity index is 1040. The number of H-pyrrole nitrogens is 1. The molecule has 0 spiro atoms. The van der Waals surface area contributed by atoms with Crippen LogP contribution < -0.4 is 10.5 Å². The lowest BCUT2D eigenvalue weighted by Gasteiger charge is -2.35. The monoisotopic (exact) mass is 374 g/mol. The number of anilines is 1. The van der Waals surface area contributed by atoms with Crippen molar-refractivity contribution in [3.8, 4) is 6.07 Å². The summed E-state index contributed by atoms with van der Waals surface area (Å²) in [5.41, 5.74) is 3.15. The number of piperazine rings is 1. The molecule has 0 aromatic carbocycles. The number of pyridine rings is 3. The molecule has 0 aliphatic carbocycles. The third-order valence-corrected chi connectivity index (χ3v) is 5.19. The molecular formula is C21H22N6O. The average molecular weight is 374 g/mol. The molecule has 4 rings (SSSR count). The van der Waals surface area contributed by atoms with Crippen molar-refractivity contribution in [3.63, 3.8) is 0 Å². The van der Waals surface area contributed by atoms with Crippen molar-refractivity contribution < 1.29 is 0 Å². The van der Waals surface area contributed by atoms with E-state index >= 15 is 0 Å². The number of hydrogen-bond donors (Lipinski definition) is 1. The van der Waals surface area contributed by atoms with Crippen molar-refractivity contribution in [2.24, 2.45) is 0 Å². The molecule has 0 unspecified atom stereocenters. The first-order valence-electron chi connectivity index (χ1n) is 9.53. The van der Waals surface area contributed by atoms with Crippen LogP contribution in [0.2, 0.25) is 0 Å². The van der Waals surface area contributed by atoms with Crippen LogP contribution in [-0.2, 0) is 6.42 Å². The summed E-state index contributed by atoms with van der Waals surface area (Å²) in [6.45, 7) is 4.89. The van der Waals surface area contributed by atoms with Gasteiger partial charge in [-0.1, -0.05) is 0 Å². The van der Waals surface area contributed by atoms with Crippen LogP contribution in [0.25, 0.3) is 10.9 Å². The summed E-state index contributed by atoms with van der Waals surface area (Å²) in [5.74, 6) is 0. The molecule has 7 nitrogen and oxygen atoms in total. The van der Waals surface area contributed by atoms with E-state index in [0.717, 1.165) is 62.5 Å². The number of aromatic nitrogens is 3. The Balaban J connectivity index is 1.28. The van der Waals surface area contributed by atoms with Gasteiger partial charge in [0.15, 0.2) is 0 Å². The summed E-state index contributed by atoms with van der Waals surface area (Å²) in [4.78, 5) is 28.3. The zero-order valence-corrected chi connectivity index (χ0v) is 15.6. The highest BCUT2D eigenvalue weighted by atomic mass is 16.1. The zero-order chi connectivity index (χ0) is 19.3. The summed E-state index contributed by atoms with van der Waals surface area (Å²) in [5, 5.41) is 9.49. The Morgan fingerprint density at radius 2 is 2.00 bits per heavy atom. The molecule has 1 N–H and O–H groups in total. The highest BCUT2D eigenvalue weighted by Crippen LogP contribution is 2.16. The summed E-state index contributed by atoms with van der Waals surface area (Å²) in [6, 6.07) is 11.3. The van der Waals surface area contributed by atoms with E-state index in [-0.39, 0.29) is 5.56 Å². The van der Waals surface area contributed by atoms with Crippen molar-refractivity contribution >= 4 is 16.6 Å².